The number of benzene rings is 4. The van der Waals surface area contributed by atoms with Gasteiger partial charge in [0, 0.05) is 17.0 Å². The standard InChI is InChI=1S/C30H28ClN3O4/c1-30(29(37)32-25-12-5-6-13-26(25)38-2,33-27(35)19-16-20-14-17-22(31)18-15-20)34-28(36)24-11-7-9-21-8-3-4-10-23(21)24/h3-15,17-18H,16,19H2,1-2H3,(H,32,37)(H,33,35)(H,34,36)/t30-/m0/s1. The molecule has 4 aromatic rings. The molecule has 3 N–H and O–H groups in total. The summed E-state index contributed by atoms with van der Waals surface area (Å²) >= 11 is 5.95. The molecule has 0 unspecified atom stereocenters. The second-order valence-corrected chi connectivity index (χ2v) is 9.37. The van der Waals surface area contributed by atoms with Gasteiger partial charge in [-0.1, -0.05) is 72.3 Å². The number of methoxy groups -OCH3 is 1. The molecule has 0 spiro atoms. The minimum atomic E-state index is -1.77. The Morgan fingerprint density at radius 3 is 2.29 bits per heavy atom. The van der Waals surface area contributed by atoms with Crippen LogP contribution in [0, 0.1) is 0 Å². The largest absolute Gasteiger partial charge is 0.495 e. The fraction of sp³-hybridized carbons (Fsp3) is 0.167. The van der Waals surface area contributed by atoms with Crippen LogP contribution in [0.4, 0.5) is 5.69 Å². The highest BCUT2D eigenvalue weighted by molar-refractivity contribution is 6.30. The zero-order valence-corrected chi connectivity index (χ0v) is 21.8. The van der Waals surface area contributed by atoms with E-state index in [1.54, 1.807) is 48.5 Å². The molecule has 3 amide bonds. The number of carbonyl (C=O) groups excluding carboxylic acids is 3. The van der Waals surface area contributed by atoms with Crippen molar-refractivity contribution in [2.45, 2.75) is 25.4 Å². The molecule has 1 atom stereocenters. The van der Waals surface area contributed by atoms with Crippen LogP contribution < -0.4 is 20.7 Å². The van der Waals surface area contributed by atoms with Gasteiger partial charge in [-0.3, -0.25) is 14.4 Å². The van der Waals surface area contributed by atoms with Crippen molar-refractivity contribution < 1.29 is 19.1 Å². The van der Waals surface area contributed by atoms with Gasteiger partial charge in [0.05, 0.1) is 12.8 Å². The average molecular weight is 530 g/mol. The molecule has 0 fully saturated rings. The molecule has 0 aromatic heterocycles. The molecule has 194 valence electrons. The van der Waals surface area contributed by atoms with E-state index in [-0.39, 0.29) is 6.42 Å². The van der Waals surface area contributed by atoms with Gasteiger partial charge >= 0.3 is 0 Å². The summed E-state index contributed by atoms with van der Waals surface area (Å²) in [6.45, 7) is 1.46. The fourth-order valence-electron chi connectivity index (χ4n) is 4.11. The van der Waals surface area contributed by atoms with Gasteiger partial charge in [0.1, 0.15) is 5.75 Å². The SMILES string of the molecule is COc1ccccc1NC(=O)[C@@](C)(NC(=O)CCc1ccc(Cl)cc1)NC(=O)c1cccc2ccccc12. The van der Waals surface area contributed by atoms with E-state index in [1.807, 2.05) is 42.5 Å². The predicted molar refractivity (Wildman–Crippen MR) is 149 cm³/mol. The van der Waals surface area contributed by atoms with E-state index in [1.165, 1.54) is 14.0 Å². The Labute approximate surface area is 226 Å². The van der Waals surface area contributed by atoms with Crippen LogP contribution in [0.5, 0.6) is 5.75 Å². The Kier molecular flexibility index (Phi) is 8.28. The van der Waals surface area contributed by atoms with Crippen LogP contribution >= 0.6 is 11.6 Å². The van der Waals surface area contributed by atoms with Crippen molar-refractivity contribution in [3.63, 3.8) is 0 Å². The van der Waals surface area contributed by atoms with Gasteiger partial charge in [-0.15, -0.1) is 0 Å². The minimum Gasteiger partial charge on any atom is -0.495 e. The summed E-state index contributed by atoms with van der Waals surface area (Å²) in [7, 11) is 1.49. The van der Waals surface area contributed by atoms with Gasteiger partial charge in [-0.05, 0) is 60.0 Å². The third-order valence-electron chi connectivity index (χ3n) is 6.15. The number of ether oxygens (including phenoxy) is 1. The van der Waals surface area contributed by atoms with Gasteiger partial charge in [-0.25, -0.2) is 0 Å². The minimum absolute atomic E-state index is 0.100. The van der Waals surface area contributed by atoms with E-state index in [0.29, 0.717) is 28.4 Å². The van der Waals surface area contributed by atoms with Crippen LogP contribution in [-0.4, -0.2) is 30.5 Å². The van der Waals surface area contributed by atoms with Gasteiger partial charge in [0.15, 0.2) is 5.66 Å². The van der Waals surface area contributed by atoms with Crippen molar-refractivity contribution in [2.75, 3.05) is 12.4 Å². The first-order chi connectivity index (χ1) is 18.3. The number of fused-ring (bicyclic) bond motifs is 1. The van der Waals surface area contributed by atoms with Crippen LogP contribution in [0.2, 0.25) is 5.02 Å². The van der Waals surface area contributed by atoms with Crippen molar-refractivity contribution in [1.82, 2.24) is 10.6 Å². The number of carbonyl (C=O) groups is 3. The fourth-order valence-corrected chi connectivity index (χ4v) is 4.23. The lowest BCUT2D eigenvalue weighted by atomic mass is 10.0. The third kappa shape index (κ3) is 6.30. The Balaban J connectivity index is 1.58. The molecular formula is C30H28ClN3O4. The van der Waals surface area contributed by atoms with Crippen molar-refractivity contribution in [3.05, 3.63) is 107 Å². The highest BCUT2D eigenvalue weighted by Gasteiger charge is 2.37. The Morgan fingerprint density at radius 1 is 0.842 bits per heavy atom. The Bertz CT molecular complexity index is 1470. The Morgan fingerprint density at radius 2 is 1.53 bits per heavy atom. The van der Waals surface area contributed by atoms with E-state index in [4.69, 9.17) is 16.3 Å². The van der Waals surface area contributed by atoms with Crippen LogP contribution in [0.25, 0.3) is 10.8 Å². The summed E-state index contributed by atoms with van der Waals surface area (Å²) in [5.41, 5.74) is -0.0632. The van der Waals surface area contributed by atoms with Crippen LogP contribution in [0.1, 0.15) is 29.3 Å². The number of halogens is 1. The van der Waals surface area contributed by atoms with Crippen LogP contribution in [0.3, 0.4) is 0 Å². The topological polar surface area (TPSA) is 96.5 Å². The highest BCUT2D eigenvalue weighted by atomic mass is 35.5. The molecule has 38 heavy (non-hydrogen) atoms. The van der Waals surface area contributed by atoms with Crippen molar-refractivity contribution in [3.8, 4) is 5.75 Å². The lowest BCUT2D eigenvalue weighted by molar-refractivity contribution is -0.130. The molecule has 7 nitrogen and oxygen atoms in total. The number of amides is 3. The van der Waals surface area contributed by atoms with Crippen molar-refractivity contribution >= 4 is 45.8 Å². The van der Waals surface area contributed by atoms with E-state index >= 15 is 0 Å². The van der Waals surface area contributed by atoms with E-state index in [0.717, 1.165) is 16.3 Å². The van der Waals surface area contributed by atoms with Gasteiger partial charge in [-0.2, -0.15) is 0 Å². The van der Waals surface area contributed by atoms with Gasteiger partial charge < -0.3 is 20.7 Å². The number of aryl methyl sites for hydroxylation is 1. The molecule has 0 heterocycles. The number of hydrogen-bond donors (Lipinski definition) is 3. The zero-order chi connectivity index (χ0) is 27.1. The third-order valence-corrected chi connectivity index (χ3v) is 6.40. The lowest BCUT2D eigenvalue weighted by Gasteiger charge is -2.31. The zero-order valence-electron chi connectivity index (χ0n) is 21.1. The maximum absolute atomic E-state index is 13.6. The van der Waals surface area contributed by atoms with Crippen LogP contribution in [-0.2, 0) is 16.0 Å². The van der Waals surface area contributed by atoms with Crippen LogP contribution in [0.15, 0.2) is 91.0 Å². The smallest absolute Gasteiger partial charge is 0.270 e. The molecule has 4 aromatic carbocycles. The molecule has 0 aliphatic heterocycles. The molecule has 0 aliphatic carbocycles. The monoisotopic (exact) mass is 529 g/mol. The van der Waals surface area contributed by atoms with E-state index in [2.05, 4.69) is 16.0 Å². The second kappa shape index (κ2) is 11.8. The number of para-hydroxylation sites is 2. The summed E-state index contributed by atoms with van der Waals surface area (Å²) < 4.78 is 5.34. The van der Waals surface area contributed by atoms with Gasteiger partial charge in [0.25, 0.3) is 11.8 Å². The second-order valence-electron chi connectivity index (χ2n) is 8.93. The first-order valence-corrected chi connectivity index (χ1v) is 12.5. The maximum Gasteiger partial charge on any atom is 0.270 e. The number of anilines is 1. The number of nitrogens with one attached hydrogen (secondary N) is 3. The van der Waals surface area contributed by atoms with Crippen molar-refractivity contribution in [1.29, 1.82) is 0 Å². The molecule has 0 saturated carbocycles. The normalized spacial score (nSPS) is 12.3. The summed E-state index contributed by atoms with van der Waals surface area (Å²) in [6, 6.07) is 26.9. The summed E-state index contributed by atoms with van der Waals surface area (Å²) in [6.07, 6.45) is 0.535. The highest BCUT2D eigenvalue weighted by Crippen LogP contribution is 2.24. The molecule has 0 saturated heterocycles. The summed E-state index contributed by atoms with van der Waals surface area (Å²) in [4.78, 5) is 40.1. The molecular weight excluding hydrogens is 502 g/mol. The molecule has 0 bridgehead atoms. The summed E-state index contributed by atoms with van der Waals surface area (Å²) in [5, 5.41) is 10.5. The number of rotatable bonds is 9. The molecule has 4 rings (SSSR count). The molecule has 8 heteroatoms. The Hall–Kier alpha value is -4.36. The summed E-state index contributed by atoms with van der Waals surface area (Å²) in [5.74, 6) is -1.10. The quantitative estimate of drug-likeness (QED) is 0.255. The number of hydrogen-bond acceptors (Lipinski definition) is 4. The lowest BCUT2D eigenvalue weighted by Crippen LogP contribution is -2.65. The predicted octanol–water partition coefficient (Wildman–Crippen LogP) is 5.34. The van der Waals surface area contributed by atoms with Crippen molar-refractivity contribution in [2.24, 2.45) is 0 Å². The van der Waals surface area contributed by atoms with E-state index in [9.17, 15) is 14.4 Å². The van der Waals surface area contributed by atoms with E-state index < -0.39 is 23.4 Å². The first-order valence-electron chi connectivity index (χ1n) is 12.1. The average Bonchev–Trinajstić information content (AvgIpc) is 2.92. The molecule has 0 aliphatic rings. The maximum atomic E-state index is 13.6. The molecule has 0 radical (unpaired) electrons. The van der Waals surface area contributed by atoms with Gasteiger partial charge in [0.2, 0.25) is 5.91 Å². The first kappa shape index (κ1) is 26.7.